The van der Waals surface area contributed by atoms with Gasteiger partial charge in [-0.3, -0.25) is 4.99 Å². The van der Waals surface area contributed by atoms with Crippen molar-refractivity contribution in [2.75, 3.05) is 0 Å². The molecule has 5 aromatic carbocycles. The second-order valence-electron chi connectivity index (χ2n) is 12.6. The number of aliphatic imine (C=N–C) groups is 1. The lowest BCUT2D eigenvalue weighted by Gasteiger charge is -2.17. The van der Waals surface area contributed by atoms with E-state index in [0.29, 0.717) is 12.2 Å². The highest BCUT2D eigenvalue weighted by molar-refractivity contribution is 6.06. The Balaban J connectivity index is 1.22. The lowest BCUT2D eigenvalue weighted by atomic mass is 9.93. The molecule has 2 heterocycles. The molecule has 0 saturated heterocycles. The van der Waals surface area contributed by atoms with Crippen molar-refractivity contribution in [3.63, 3.8) is 0 Å². The first-order valence-electron chi connectivity index (χ1n) is 17.1. The molecule has 1 aliphatic carbocycles. The van der Waals surface area contributed by atoms with Crippen molar-refractivity contribution in [3.05, 3.63) is 174 Å². The zero-order chi connectivity index (χ0) is 33.7. The molecule has 0 fully saturated rings. The number of nitrogens with zero attached hydrogens (tertiary/aromatic N) is 4. The number of rotatable bonds is 9. The molecule has 2 aromatic heterocycles. The molecule has 0 N–H and O–H groups in total. The van der Waals surface area contributed by atoms with E-state index in [1.165, 1.54) is 0 Å². The van der Waals surface area contributed by atoms with Gasteiger partial charge in [0, 0.05) is 34.2 Å². The van der Waals surface area contributed by atoms with Gasteiger partial charge in [0.2, 0.25) is 0 Å². The summed E-state index contributed by atoms with van der Waals surface area (Å²) in [4.78, 5) is 19.4. The lowest BCUT2D eigenvalue weighted by molar-refractivity contribution is 0.618. The molecule has 242 valence electrons. The van der Waals surface area contributed by atoms with Crippen LogP contribution in [0.3, 0.4) is 0 Å². The highest BCUT2D eigenvalue weighted by Gasteiger charge is 2.19. The number of para-hydroxylation sites is 1. The summed E-state index contributed by atoms with van der Waals surface area (Å²) in [5, 5.41) is 2.20. The summed E-state index contributed by atoms with van der Waals surface area (Å²) in [6.07, 6.45) is 14.5. The van der Waals surface area contributed by atoms with Crippen LogP contribution in [0, 0.1) is 0 Å². The van der Waals surface area contributed by atoms with Crippen molar-refractivity contribution < 1.29 is 4.42 Å². The molecule has 0 spiro atoms. The van der Waals surface area contributed by atoms with Crippen LogP contribution in [-0.4, -0.2) is 21.7 Å². The number of furan rings is 1. The fraction of sp³-hybridized carbons (Fsp3) is 0.111. The topological polar surface area (TPSA) is 64.2 Å². The van der Waals surface area contributed by atoms with Crippen molar-refractivity contribution in [1.82, 2.24) is 15.0 Å². The number of benzene rings is 5. The molecule has 1 aliphatic rings. The van der Waals surface area contributed by atoms with E-state index in [0.717, 1.165) is 91.9 Å². The smallest absolute Gasteiger partial charge is 0.163 e. The summed E-state index contributed by atoms with van der Waals surface area (Å²) in [7, 11) is 0. The molecule has 0 aliphatic heterocycles. The van der Waals surface area contributed by atoms with Gasteiger partial charge in [-0.15, -0.1) is 0 Å². The zero-order valence-corrected chi connectivity index (χ0v) is 27.7. The minimum Gasteiger partial charge on any atom is -0.456 e. The molecule has 1 unspecified atom stereocenters. The van der Waals surface area contributed by atoms with Crippen molar-refractivity contribution in [2.45, 2.75) is 31.6 Å². The largest absolute Gasteiger partial charge is 0.456 e. The Morgan fingerprint density at radius 3 is 2.40 bits per heavy atom. The Hall–Kier alpha value is -6.20. The van der Waals surface area contributed by atoms with E-state index in [1.54, 1.807) is 0 Å². The highest BCUT2D eigenvalue weighted by atomic mass is 16.3. The summed E-state index contributed by atoms with van der Waals surface area (Å²) in [6.45, 7) is 3.79. The quantitative estimate of drug-likeness (QED) is 0.0887. The number of aromatic nitrogens is 3. The molecular formula is C45H36N4O. The van der Waals surface area contributed by atoms with Crippen LogP contribution < -0.4 is 0 Å². The predicted octanol–water partition coefficient (Wildman–Crippen LogP) is 11.3. The first-order chi connectivity index (χ1) is 24.7. The van der Waals surface area contributed by atoms with Crippen LogP contribution in [0.25, 0.3) is 56.2 Å². The van der Waals surface area contributed by atoms with Gasteiger partial charge in [0.15, 0.2) is 5.82 Å². The lowest BCUT2D eigenvalue weighted by Crippen LogP contribution is -2.11. The number of hydrogen-bond acceptors (Lipinski definition) is 5. The van der Waals surface area contributed by atoms with Crippen LogP contribution in [-0.2, 0) is 6.42 Å². The summed E-state index contributed by atoms with van der Waals surface area (Å²) < 4.78 is 6.18. The van der Waals surface area contributed by atoms with Crippen LogP contribution in [0.15, 0.2) is 155 Å². The van der Waals surface area contributed by atoms with Crippen molar-refractivity contribution in [1.29, 1.82) is 0 Å². The minimum absolute atomic E-state index is 0.190. The molecule has 50 heavy (non-hydrogen) atoms. The Labute approximate surface area is 292 Å². The molecule has 8 rings (SSSR count). The molecule has 1 atom stereocenters. The number of allylic oxidation sites excluding steroid dienone is 4. The highest BCUT2D eigenvalue weighted by Crippen LogP contribution is 2.35. The average Bonchev–Trinajstić information content (AvgIpc) is 3.56. The van der Waals surface area contributed by atoms with E-state index in [2.05, 4.69) is 90.6 Å². The predicted molar refractivity (Wildman–Crippen MR) is 206 cm³/mol. The van der Waals surface area contributed by atoms with Gasteiger partial charge in [0.05, 0.1) is 5.70 Å². The third-order valence-corrected chi connectivity index (χ3v) is 9.27. The zero-order valence-electron chi connectivity index (χ0n) is 27.7. The van der Waals surface area contributed by atoms with Crippen LogP contribution in [0.5, 0.6) is 0 Å². The normalized spacial score (nSPS) is 14.9. The average molecular weight is 649 g/mol. The minimum atomic E-state index is 0.190. The molecule has 0 radical (unpaired) electrons. The van der Waals surface area contributed by atoms with E-state index in [-0.39, 0.29) is 5.92 Å². The third kappa shape index (κ3) is 6.58. The Morgan fingerprint density at radius 2 is 1.58 bits per heavy atom. The maximum absolute atomic E-state index is 6.18. The second kappa shape index (κ2) is 14.1. The van der Waals surface area contributed by atoms with Gasteiger partial charge >= 0.3 is 0 Å². The standard InChI is InChI=1S/C45H36N4O/c1-46-40(32-15-5-2-6-16-32)22-13-14-31-24-25-36(38(28-31)35-26-27-42-39(29-35)37-21-11-12-23-41(37)50-42)30-43-47-44(33-17-7-3-8-18-33)49-45(48-43)34-19-9-4-10-20-34/h2-3,5-9,11-19,21-29,34H,1,4,10,20,30H2/b14-13+,40-22-. The van der Waals surface area contributed by atoms with Crippen molar-refractivity contribution >= 4 is 40.4 Å². The first kappa shape index (κ1) is 31.1. The van der Waals surface area contributed by atoms with Crippen LogP contribution >= 0.6 is 0 Å². The van der Waals surface area contributed by atoms with Gasteiger partial charge in [-0.25, -0.2) is 15.0 Å². The van der Waals surface area contributed by atoms with E-state index < -0.39 is 0 Å². The Morgan fingerprint density at radius 1 is 0.780 bits per heavy atom. The summed E-state index contributed by atoms with van der Waals surface area (Å²) in [5.74, 6) is 2.51. The molecule has 0 bridgehead atoms. The Kier molecular flexibility index (Phi) is 8.77. The molecular weight excluding hydrogens is 613 g/mol. The molecule has 0 saturated carbocycles. The monoisotopic (exact) mass is 648 g/mol. The maximum Gasteiger partial charge on any atom is 0.163 e. The van der Waals surface area contributed by atoms with Gasteiger partial charge < -0.3 is 4.42 Å². The maximum atomic E-state index is 6.18. The van der Waals surface area contributed by atoms with E-state index in [9.17, 15) is 0 Å². The van der Waals surface area contributed by atoms with E-state index >= 15 is 0 Å². The van der Waals surface area contributed by atoms with Crippen LogP contribution in [0.1, 0.15) is 53.5 Å². The van der Waals surface area contributed by atoms with Crippen molar-refractivity contribution in [3.8, 4) is 22.5 Å². The first-order valence-corrected chi connectivity index (χ1v) is 17.1. The van der Waals surface area contributed by atoms with E-state index in [1.807, 2.05) is 72.8 Å². The van der Waals surface area contributed by atoms with Gasteiger partial charge in [-0.05, 0) is 78.6 Å². The van der Waals surface area contributed by atoms with Gasteiger partial charge in [0.1, 0.15) is 22.8 Å². The molecule has 5 heteroatoms. The summed E-state index contributed by atoms with van der Waals surface area (Å²) >= 11 is 0. The molecule has 5 nitrogen and oxygen atoms in total. The Bertz CT molecular complexity index is 2400. The molecule has 0 amide bonds. The van der Waals surface area contributed by atoms with Gasteiger partial charge in [-0.2, -0.15) is 0 Å². The number of fused-ring (bicyclic) bond motifs is 3. The van der Waals surface area contributed by atoms with Crippen LogP contribution in [0.4, 0.5) is 0 Å². The van der Waals surface area contributed by atoms with E-state index in [4.69, 9.17) is 19.4 Å². The van der Waals surface area contributed by atoms with Gasteiger partial charge in [-0.1, -0.05) is 121 Å². The fourth-order valence-corrected chi connectivity index (χ4v) is 6.71. The summed E-state index contributed by atoms with van der Waals surface area (Å²) in [6, 6.07) is 41.6. The SMILES string of the molecule is C=N/C(=C\C=C\c1ccc(Cc2nc(-c3ccccc3)nc(C3C=CCCC3)n2)c(-c2ccc3oc4ccccc4c3c2)c1)c1ccccc1. The molecule has 7 aromatic rings. The fourth-order valence-electron chi connectivity index (χ4n) is 6.71. The third-order valence-electron chi connectivity index (χ3n) is 9.27. The van der Waals surface area contributed by atoms with Gasteiger partial charge in [0.25, 0.3) is 0 Å². The van der Waals surface area contributed by atoms with Crippen molar-refractivity contribution in [2.24, 2.45) is 4.99 Å². The number of hydrogen-bond donors (Lipinski definition) is 0. The van der Waals surface area contributed by atoms with Crippen LogP contribution in [0.2, 0.25) is 0 Å². The summed E-state index contributed by atoms with van der Waals surface area (Å²) in [5.41, 5.74) is 9.04. The second-order valence-corrected chi connectivity index (χ2v) is 12.6.